The molecule has 18 heavy (non-hydrogen) atoms. The van der Waals surface area contributed by atoms with Gasteiger partial charge in [0.1, 0.15) is 5.78 Å². The third kappa shape index (κ3) is 6.56. The van der Waals surface area contributed by atoms with E-state index in [1.807, 2.05) is 0 Å². The van der Waals surface area contributed by atoms with E-state index in [9.17, 15) is 4.79 Å². The average molecular weight is 252 g/mol. The minimum Gasteiger partial charge on any atom is -0.299 e. The van der Waals surface area contributed by atoms with E-state index in [1.54, 1.807) is 0 Å². The average Bonchev–Trinajstić information content (AvgIpc) is 2.79. The van der Waals surface area contributed by atoms with Gasteiger partial charge in [0.05, 0.1) is 0 Å². The summed E-state index contributed by atoms with van der Waals surface area (Å²) in [4.78, 5) is 12.0. The Bertz CT molecular complexity index is 222. The van der Waals surface area contributed by atoms with Crippen LogP contribution in [0, 0.1) is 11.8 Å². The minimum atomic E-state index is 0.421. The molecule has 0 amide bonds. The van der Waals surface area contributed by atoms with Gasteiger partial charge in [0.25, 0.3) is 0 Å². The van der Waals surface area contributed by atoms with Crippen molar-refractivity contribution in [3.8, 4) is 0 Å². The maximum Gasteiger partial charge on any atom is 0.135 e. The zero-order valence-corrected chi connectivity index (χ0v) is 12.5. The molecule has 0 N–H and O–H groups in total. The quantitative estimate of drug-likeness (QED) is 0.468. The summed E-state index contributed by atoms with van der Waals surface area (Å²) in [5.74, 6) is 1.77. The number of ketones is 1. The molecule has 0 bridgehead atoms. The Morgan fingerprint density at radius 1 is 0.944 bits per heavy atom. The number of hydrogen-bond donors (Lipinski definition) is 0. The van der Waals surface area contributed by atoms with Crippen molar-refractivity contribution in [1.29, 1.82) is 0 Å². The van der Waals surface area contributed by atoms with Gasteiger partial charge >= 0.3 is 0 Å². The molecule has 0 spiro atoms. The smallest absolute Gasteiger partial charge is 0.135 e. The Labute approximate surface area is 114 Å². The lowest BCUT2D eigenvalue weighted by Gasteiger charge is -2.08. The third-order valence-corrected chi connectivity index (χ3v) is 4.43. The normalized spacial score (nSPS) is 23.4. The summed E-state index contributed by atoms with van der Waals surface area (Å²) < 4.78 is 0. The molecule has 0 aromatic rings. The second-order valence-electron chi connectivity index (χ2n) is 6.31. The lowest BCUT2D eigenvalue weighted by molar-refractivity contribution is -0.122. The van der Waals surface area contributed by atoms with Crippen molar-refractivity contribution in [2.75, 3.05) is 0 Å². The topological polar surface area (TPSA) is 17.1 Å². The first kappa shape index (κ1) is 15.7. The molecule has 0 aromatic heterocycles. The van der Waals surface area contributed by atoms with Crippen LogP contribution in [-0.2, 0) is 4.79 Å². The monoisotopic (exact) mass is 252 g/mol. The molecule has 0 radical (unpaired) electrons. The van der Waals surface area contributed by atoms with Crippen molar-refractivity contribution in [3.63, 3.8) is 0 Å². The van der Waals surface area contributed by atoms with Crippen LogP contribution in [0.3, 0.4) is 0 Å². The number of hydrogen-bond acceptors (Lipinski definition) is 1. The summed E-state index contributed by atoms with van der Waals surface area (Å²) in [6, 6.07) is 0. The van der Waals surface area contributed by atoms with E-state index in [0.717, 1.165) is 31.6 Å². The molecule has 2 unspecified atom stereocenters. The molecule has 0 aliphatic heterocycles. The van der Waals surface area contributed by atoms with Gasteiger partial charge in [0.15, 0.2) is 0 Å². The van der Waals surface area contributed by atoms with Crippen LogP contribution >= 0.6 is 0 Å². The fraction of sp³-hybridized carbons (Fsp3) is 0.941. The Balaban J connectivity index is 1.90. The highest BCUT2D eigenvalue weighted by Gasteiger charge is 2.26. The Hall–Kier alpha value is -0.330. The van der Waals surface area contributed by atoms with E-state index < -0.39 is 0 Å². The third-order valence-electron chi connectivity index (χ3n) is 4.43. The predicted octanol–water partition coefficient (Wildman–Crippen LogP) is 5.52. The van der Waals surface area contributed by atoms with Gasteiger partial charge in [0.2, 0.25) is 0 Å². The van der Waals surface area contributed by atoms with Crippen molar-refractivity contribution in [3.05, 3.63) is 0 Å². The highest BCUT2D eigenvalue weighted by molar-refractivity contribution is 5.81. The molecule has 0 saturated heterocycles. The molecule has 0 aromatic carbocycles. The number of carbonyl (C=O) groups excluding carboxylic acids is 1. The van der Waals surface area contributed by atoms with Gasteiger partial charge < -0.3 is 0 Å². The van der Waals surface area contributed by atoms with Crippen LogP contribution in [0.1, 0.15) is 90.9 Å². The molecule has 1 heteroatoms. The van der Waals surface area contributed by atoms with Gasteiger partial charge in [-0.1, -0.05) is 58.8 Å². The number of carbonyl (C=O) groups is 1. The SMILES string of the molecule is CCCCCCCCCCC(=O)C1CCC(C)C1. The number of unbranched alkanes of at least 4 members (excludes halogenated alkanes) is 7. The van der Waals surface area contributed by atoms with E-state index in [0.29, 0.717) is 11.7 Å². The van der Waals surface area contributed by atoms with Gasteiger partial charge in [0, 0.05) is 12.3 Å². The fourth-order valence-electron chi connectivity index (χ4n) is 3.14. The maximum absolute atomic E-state index is 12.0. The van der Waals surface area contributed by atoms with Crippen molar-refractivity contribution < 1.29 is 4.79 Å². The summed E-state index contributed by atoms with van der Waals surface area (Å²) in [6.07, 6.45) is 15.1. The first-order chi connectivity index (χ1) is 8.74. The van der Waals surface area contributed by atoms with Crippen LogP contribution in [0.25, 0.3) is 0 Å². The van der Waals surface area contributed by atoms with Crippen LogP contribution in [0.2, 0.25) is 0 Å². The van der Waals surface area contributed by atoms with Gasteiger partial charge in [-0.05, 0) is 31.6 Å². The molecule has 0 heterocycles. The van der Waals surface area contributed by atoms with Crippen molar-refractivity contribution >= 4 is 5.78 Å². The molecular weight excluding hydrogens is 220 g/mol. The summed E-state index contributed by atoms with van der Waals surface area (Å²) in [5, 5.41) is 0. The Kier molecular flexibility index (Phi) is 8.37. The zero-order chi connectivity index (χ0) is 13.2. The molecule has 1 nitrogen and oxygen atoms in total. The van der Waals surface area contributed by atoms with Crippen LogP contribution in [0.4, 0.5) is 0 Å². The highest BCUT2D eigenvalue weighted by Crippen LogP contribution is 2.31. The van der Waals surface area contributed by atoms with E-state index >= 15 is 0 Å². The minimum absolute atomic E-state index is 0.421. The summed E-state index contributed by atoms with van der Waals surface area (Å²) >= 11 is 0. The second kappa shape index (κ2) is 9.58. The first-order valence-corrected chi connectivity index (χ1v) is 8.26. The standard InChI is InChI=1S/C17H32O/c1-3-4-5-6-7-8-9-10-11-17(18)16-13-12-15(2)14-16/h15-16H,3-14H2,1-2H3. The van der Waals surface area contributed by atoms with Crippen LogP contribution in [-0.4, -0.2) is 5.78 Å². The highest BCUT2D eigenvalue weighted by atomic mass is 16.1. The molecule has 1 aliphatic rings. The molecular formula is C17H32O. The number of Topliss-reactive ketones (excluding diaryl/α,β-unsaturated/α-hetero) is 1. The Morgan fingerprint density at radius 2 is 1.56 bits per heavy atom. The zero-order valence-electron chi connectivity index (χ0n) is 12.5. The largest absolute Gasteiger partial charge is 0.299 e. The summed E-state index contributed by atoms with van der Waals surface area (Å²) in [5.41, 5.74) is 0. The van der Waals surface area contributed by atoms with Crippen LogP contribution in [0.15, 0.2) is 0 Å². The fourth-order valence-corrected chi connectivity index (χ4v) is 3.14. The van der Waals surface area contributed by atoms with Crippen molar-refractivity contribution in [2.45, 2.75) is 90.9 Å². The van der Waals surface area contributed by atoms with Gasteiger partial charge in [-0.25, -0.2) is 0 Å². The lowest BCUT2D eigenvalue weighted by atomic mass is 9.96. The molecule has 1 aliphatic carbocycles. The first-order valence-electron chi connectivity index (χ1n) is 8.26. The van der Waals surface area contributed by atoms with Gasteiger partial charge in [-0.3, -0.25) is 4.79 Å². The molecule has 1 saturated carbocycles. The van der Waals surface area contributed by atoms with E-state index in [2.05, 4.69) is 13.8 Å². The van der Waals surface area contributed by atoms with Gasteiger partial charge in [-0.15, -0.1) is 0 Å². The molecule has 2 atom stereocenters. The van der Waals surface area contributed by atoms with Crippen molar-refractivity contribution in [1.82, 2.24) is 0 Å². The van der Waals surface area contributed by atoms with E-state index in [1.165, 1.54) is 51.4 Å². The summed E-state index contributed by atoms with van der Waals surface area (Å²) in [6.45, 7) is 4.54. The van der Waals surface area contributed by atoms with Gasteiger partial charge in [-0.2, -0.15) is 0 Å². The van der Waals surface area contributed by atoms with E-state index in [4.69, 9.17) is 0 Å². The van der Waals surface area contributed by atoms with Crippen molar-refractivity contribution in [2.24, 2.45) is 11.8 Å². The maximum atomic E-state index is 12.0. The van der Waals surface area contributed by atoms with Crippen LogP contribution in [0.5, 0.6) is 0 Å². The molecule has 1 fully saturated rings. The second-order valence-corrected chi connectivity index (χ2v) is 6.31. The molecule has 1 rings (SSSR count). The van der Waals surface area contributed by atoms with Crippen LogP contribution < -0.4 is 0 Å². The predicted molar refractivity (Wildman–Crippen MR) is 78.7 cm³/mol. The Morgan fingerprint density at radius 3 is 2.11 bits per heavy atom. The molecule has 106 valence electrons. The number of rotatable bonds is 10. The lowest BCUT2D eigenvalue weighted by Crippen LogP contribution is -2.10. The summed E-state index contributed by atoms with van der Waals surface area (Å²) in [7, 11) is 0. The van der Waals surface area contributed by atoms with E-state index in [-0.39, 0.29) is 0 Å².